The van der Waals surface area contributed by atoms with Crippen LogP contribution in [-0.2, 0) is 6.42 Å². The number of hydrogen-bond acceptors (Lipinski definition) is 3. The molecule has 0 aliphatic heterocycles. The number of carbonyl (C=O) groups excluding carboxylic acids is 1. The van der Waals surface area contributed by atoms with E-state index in [1.807, 2.05) is 30.3 Å². The molecule has 22 heavy (non-hydrogen) atoms. The van der Waals surface area contributed by atoms with Gasteiger partial charge in [0, 0.05) is 12.0 Å². The van der Waals surface area contributed by atoms with Crippen LogP contribution in [0.4, 0.5) is 0 Å². The van der Waals surface area contributed by atoms with Crippen molar-refractivity contribution in [1.82, 2.24) is 10.6 Å². The highest BCUT2D eigenvalue weighted by atomic mass is 32.1. The van der Waals surface area contributed by atoms with Gasteiger partial charge in [0.2, 0.25) is 0 Å². The number of amides is 1. The SMILES string of the molecule is O=C(NC(=S)N[C@@H]1c2ccccc2C[C@H]1O)c1ccccc1. The minimum atomic E-state index is -0.552. The first-order chi connectivity index (χ1) is 10.6. The summed E-state index contributed by atoms with van der Waals surface area (Å²) in [5.74, 6) is -0.265. The van der Waals surface area contributed by atoms with Gasteiger partial charge in [-0.1, -0.05) is 42.5 Å². The Bertz CT molecular complexity index is 703. The second-order valence-corrected chi connectivity index (χ2v) is 5.65. The maximum atomic E-state index is 12.1. The molecule has 0 aromatic heterocycles. The summed E-state index contributed by atoms with van der Waals surface area (Å²) in [7, 11) is 0. The molecule has 0 heterocycles. The lowest BCUT2D eigenvalue weighted by Crippen LogP contribution is -2.43. The van der Waals surface area contributed by atoms with Crippen molar-refractivity contribution in [2.24, 2.45) is 0 Å². The van der Waals surface area contributed by atoms with E-state index in [2.05, 4.69) is 10.6 Å². The third-order valence-electron chi connectivity index (χ3n) is 3.75. The van der Waals surface area contributed by atoms with Crippen molar-refractivity contribution in [1.29, 1.82) is 0 Å². The lowest BCUT2D eigenvalue weighted by Gasteiger charge is -2.20. The van der Waals surface area contributed by atoms with E-state index in [-0.39, 0.29) is 17.1 Å². The fourth-order valence-electron chi connectivity index (χ4n) is 2.69. The molecule has 3 rings (SSSR count). The third-order valence-corrected chi connectivity index (χ3v) is 3.97. The molecule has 112 valence electrons. The van der Waals surface area contributed by atoms with Crippen LogP contribution in [0.1, 0.15) is 27.5 Å². The van der Waals surface area contributed by atoms with E-state index >= 15 is 0 Å². The van der Waals surface area contributed by atoms with E-state index in [1.54, 1.807) is 24.3 Å². The summed E-state index contributed by atoms with van der Waals surface area (Å²) in [6.45, 7) is 0. The van der Waals surface area contributed by atoms with Crippen LogP contribution in [0.3, 0.4) is 0 Å². The van der Waals surface area contributed by atoms with Gasteiger partial charge in [-0.15, -0.1) is 0 Å². The van der Waals surface area contributed by atoms with E-state index in [1.165, 1.54) is 0 Å². The summed E-state index contributed by atoms with van der Waals surface area (Å²) in [5, 5.41) is 16.1. The molecule has 5 heteroatoms. The van der Waals surface area contributed by atoms with Gasteiger partial charge < -0.3 is 10.4 Å². The number of aliphatic hydroxyl groups is 1. The molecule has 0 unspecified atom stereocenters. The van der Waals surface area contributed by atoms with Crippen LogP contribution in [0.5, 0.6) is 0 Å². The Labute approximate surface area is 134 Å². The zero-order chi connectivity index (χ0) is 15.5. The van der Waals surface area contributed by atoms with E-state index in [0.717, 1.165) is 11.1 Å². The summed E-state index contributed by atoms with van der Waals surface area (Å²) in [4.78, 5) is 12.1. The Morgan fingerprint density at radius 1 is 1.09 bits per heavy atom. The van der Waals surface area contributed by atoms with Gasteiger partial charge >= 0.3 is 0 Å². The molecule has 0 spiro atoms. The molecule has 3 N–H and O–H groups in total. The average Bonchev–Trinajstić information content (AvgIpc) is 2.84. The molecule has 2 atom stereocenters. The number of rotatable bonds is 2. The molecule has 2 aromatic carbocycles. The minimum Gasteiger partial charge on any atom is -0.390 e. The number of carbonyl (C=O) groups is 1. The molecule has 0 saturated carbocycles. The zero-order valence-corrected chi connectivity index (χ0v) is 12.6. The molecular weight excluding hydrogens is 296 g/mol. The van der Waals surface area contributed by atoms with Gasteiger partial charge in [-0.3, -0.25) is 10.1 Å². The predicted molar refractivity (Wildman–Crippen MR) is 88.5 cm³/mol. The molecule has 0 saturated heterocycles. The van der Waals surface area contributed by atoms with Crippen molar-refractivity contribution in [3.8, 4) is 0 Å². The first-order valence-corrected chi connectivity index (χ1v) is 7.49. The number of hydrogen-bond donors (Lipinski definition) is 3. The van der Waals surface area contributed by atoms with E-state index in [0.29, 0.717) is 12.0 Å². The molecule has 1 aliphatic carbocycles. The number of thiocarbonyl (C=S) groups is 1. The van der Waals surface area contributed by atoms with Gasteiger partial charge in [-0.05, 0) is 35.5 Å². The van der Waals surface area contributed by atoms with E-state index < -0.39 is 6.10 Å². The maximum absolute atomic E-state index is 12.1. The molecule has 4 nitrogen and oxygen atoms in total. The monoisotopic (exact) mass is 312 g/mol. The van der Waals surface area contributed by atoms with Crippen molar-refractivity contribution in [2.45, 2.75) is 18.6 Å². The van der Waals surface area contributed by atoms with Gasteiger partial charge in [0.25, 0.3) is 5.91 Å². The molecule has 1 aliphatic rings. The van der Waals surface area contributed by atoms with Gasteiger partial charge in [-0.2, -0.15) is 0 Å². The summed E-state index contributed by atoms with van der Waals surface area (Å²) in [6.07, 6.45) is 0.0345. The maximum Gasteiger partial charge on any atom is 0.257 e. The summed E-state index contributed by atoms with van der Waals surface area (Å²) in [6, 6.07) is 16.4. The van der Waals surface area contributed by atoms with Crippen LogP contribution in [0.15, 0.2) is 54.6 Å². The minimum absolute atomic E-state index is 0.217. The quantitative estimate of drug-likeness (QED) is 0.742. The lowest BCUT2D eigenvalue weighted by atomic mass is 10.1. The van der Waals surface area contributed by atoms with Crippen LogP contribution < -0.4 is 10.6 Å². The van der Waals surface area contributed by atoms with E-state index in [9.17, 15) is 9.90 Å². The summed E-state index contributed by atoms with van der Waals surface area (Å²) in [5.41, 5.74) is 2.66. The van der Waals surface area contributed by atoms with Gasteiger partial charge in [0.15, 0.2) is 5.11 Å². The van der Waals surface area contributed by atoms with Crippen molar-refractivity contribution >= 4 is 23.2 Å². The Kier molecular flexibility index (Phi) is 4.18. The van der Waals surface area contributed by atoms with Crippen LogP contribution in [0.2, 0.25) is 0 Å². The Morgan fingerprint density at radius 3 is 2.55 bits per heavy atom. The smallest absolute Gasteiger partial charge is 0.257 e. The zero-order valence-electron chi connectivity index (χ0n) is 11.8. The topological polar surface area (TPSA) is 61.4 Å². The fraction of sp³-hybridized carbons (Fsp3) is 0.176. The van der Waals surface area contributed by atoms with Crippen LogP contribution in [-0.4, -0.2) is 22.2 Å². The van der Waals surface area contributed by atoms with Gasteiger partial charge in [0.05, 0.1) is 12.1 Å². The second kappa shape index (κ2) is 6.25. The van der Waals surface area contributed by atoms with Crippen LogP contribution >= 0.6 is 12.2 Å². The Hall–Kier alpha value is -2.24. The molecule has 0 bridgehead atoms. The average molecular weight is 312 g/mol. The first-order valence-electron chi connectivity index (χ1n) is 7.08. The highest BCUT2D eigenvalue weighted by Crippen LogP contribution is 2.31. The second-order valence-electron chi connectivity index (χ2n) is 5.24. The number of aliphatic hydroxyl groups excluding tert-OH is 1. The standard InChI is InChI=1S/C17H16N2O2S/c20-14-10-12-8-4-5-9-13(12)15(14)18-17(22)19-16(21)11-6-2-1-3-7-11/h1-9,14-15,20H,10H2,(H2,18,19,21,22)/t14-,15-/m1/s1. The highest BCUT2D eigenvalue weighted by Gasteiger charge is 2.31. The molecule has 2 aromatic rings. The highest BCUT2D eigenvalue weighted by molar-refractivity contribution is 7.80. The van der Waals surface area contributed by atoms with Crippen LogP contribution in [0, 0.1) is 0 Å². The predicted octanol–water partition coefficient (Wildman–Crippen LogP) is 1.95. The lowest BCUT2D eigenvalue weighted by molar-refractivity contribution is 0.0974. The number of nitrogens with one attached hydrogen (secondary N) is 2. The molecular formula is C17H16N2O2S. The van der Waals surface area contributed by atoms with Gasteiger partial charge in [0.1, 0.15) is 0 Å². The first kappa shape index (κ1) is 14.7. The van der Waals surface area contributed by atoms with E-state index in [4.69, 9.17) is 12.2 Å². The normalized spacial score (nSPS) is 19.3. The Morgan fingerprint density at radius 2 is 1.77 bits per heavy atom. The van der Waals surface area contributed by atoms with Gasteiger partial charge in [-0.25, -0.2) is 0 Å². The third kappa shape index (κ3) is 3.00. The largest absolute Gasteiger partial charge is 0.390 e. The van der Waals surface area contributed by atoms with Crippen molar-refractivity contribution in [3.63, 3.8) is 0 Å². The van der Waals surface area contributed by atoms with Crippen molar-refractivity contribution in [2.75, 3.05) is 0 Å². The van der Waals surface area contributed by atoms with Crippen molar-refractivity contribution < 1.29 is 9.90 Å². The van der Waals surface area contributed by atoms with Crippen LogP contribution in [0.25, 0.3) is 0 Å². The van der Waals surface area contributed by atoms with Crippen molar-refractivity contribution in [3.05, 3.63) is 71.3 Å². The number of benzene rings is 2. The molecule has 1 amide bonds. The fourth-order valence-corrected chi connectivity index (χ4v) is 2.91. The molecule has 0 radical (unpaired) electrons. The Balaban J connectivity index is 1.66. The number of fused-ring (bicyclic) bond motifs is 1. The summed E-state index contributed by atoms with van der Waals surface area (Å²) >= 11 is 5.19. The molecule has 0 fully saturated rings. The summed E-state index contributed by atoms with van der Waals surface area (Å²) < 4.78 is 0.